The fraction of sp³-hybridized carbons (Fsp3) is 0.350. The number of ether oxygens (including phenoxy) is 2. The van der Waals surface area contributed by atoms with Crippen LogP contribution in [0.15, 0.2) is 79.0 Å². The summed E-state index contributed by atoms with van der Waals surface area (Å²) in [6.45, 7) is 9.54. The van der Waals surface area contributed by atoms with E-state index in [0.29, 0.717) is 19.1 Å². The molecule has 46 heavy (non-hydrogen) atoms. The Balaban J connectivity index is 1.36. The second-order valence-electron chi connectivity index (χ2n) is 13.1. The highest BCUT2D eigenvalue weighted by molar-refractivity contribution is 6.02. The number of morpholine rings is 1. The minimum Gasteiger partial charge on any atom is -0.497 e. The average molecular weight is 612 g/mol. The van der Waals surface area contributed by atoms with Crippen molar-refractivity contribution in [3.63, 3.8) is 0 Å². The highest BCUT2D eigenvalue weighted by atomic mass is 16.5. The molecule has 2 aliphatic heterocycles. The molecule has 2 fully saturated rings. The predicted molar refractivity (Wildman–Crippen MR) is 185 cm³/mol. The van der Waals surface area contributed by atoms with Gasteiger partial charge in [-0.15, -0.1) is 0 Å². The smallest absolute Gasteiger partial charge is 0.159 e. The highest BCUT2D eigenvalue weighted by Crippen LogP contribution is 2.51. The first-order valence-corrected chi connectivity index (χ1v) is 16.8. The van der Waals surface area contributed by atoms with Gasteiger partial charge >= 0.3 is 0 Å². The fourth-order valence-corrected chi connectivity index (χ4v) is 8.20. The molecule has 0 amide bonds. The molecule has 0 radical (unpaired) electrons. The number of fused-ring (bicyclic) bond motifs is 7. The van der Waals surface area contributed by atoms with E-state index in [1.807, 2.05) is 18.2 Å². The van der Waals surface area contributed by atoms with Crippen LogP contribution in [-0.4, -0.2) is 53.6 Å². The summed E-state index contributed by atoms with van der Waals surface area (Å²) >= 11 is 0. The lowest BCUT2D eigenvalue weighted by Gasteiger charge is -2.39. The maximum atomic E-state index is 12.7. The summed E-state index contributed by atoms with van der Waals surface area (Å²) in [7, 11) is 1.69. The number of carbonyl (C=O) groups excluding carboxylic acids is 1. The van der Waals surface area contributed by atoms with E-state index in [4.69, 9.17) is 21.0 Å². The molecular weight excluding hydrogens is 570 g/mol. The Morgan fingerprint density at radius 2 is 1.70 bits per heavy atom. The summed E-state index contributed by atoms with van der Waals surface area (Å²) < 4.78 is 13.7. The number of pyridine rings is 1. The van der Waals surface area contributed by atoms with Gasteiger partial charge in [0.05, 0.1) is 48.8 Å². The summed E-state index contributed by atoms with van der Waals surface area (Å²) in [6, 6.07) is 23.4. The van der Waals surface area contributed by atoms with Gasteiger partial charge in [-0.25, -0.2) is 4.98 Å². The molecule has 234 valence electrons. The van der Waals surface area contributed by atoms with Gasteiger partial charge in [-0.3, -0.25) is 4.79 Å². The summed E-state index contributed by atoms with van der Waals surface area (Å²) in [6.07, 6.45) is 7.04. The number of methoxy groups -OCH3 is 1. The van der Waals surface area contributed by atoms with E-state index >= 15 is 0 Å². The summed E-state index contributed by atoms with van der Waals surface area (Å²) in [4.78, 5) is 20.3. The second-order valence-corrected chi connectivity index (χ2v) is 13.1. The molecule has 0 bridgehead atoms. The molecule has 6 heteroatoms. The van der Waals surface area contributed by atoms with E-state index in [-0.39, 0.29) is 11.8 Å². The molecular formula is C40H41N3O3. The first-order valence-electron chi connectivity index (χ1n) is 16.8. The Bertz CT molecular complexity index is 1980. The number of benzene rings is 3. The van der Waals surface area contributed by atoms with E-state index in [2.05, 4.69) is 58.0 Å². The van der Waals surface area contributed by atoms with Crippen LogP contribution in [0.2, 0.25) is 0 Å². The van der Waals surface area contributed by atoms with Crippen molar-refractivity contribution in [2.45, 2.75) is 57.4 Å². The first kappa shape index (κ1) is 29.0. The summed E-state index contributed by atoms with van der Waals surface area (Å²) in [5.41, 5.74) is 11.5. The van der Waals surface area contributed by atoms with Gasteiger partial charge in [-0.2, -0.15) is 0 Å². The lowest BCUT2D eigenvalue weighted by Crippen LogP contribution is -2.39. The van der Waals surface area contributed by atoms with E-state index in [0.717, 1.165) is 58.8 Å². The van der Waals surface area contributed by atoms with Gasteiger partial charge in [-0.1, -0.05) is 50.1 Å². The number of hydrogen-bond donors (Lipinski definition) is 0. The molecule has 5 aromatic rings. The van der Waals surface area contributed by atoms with Gasteiger partial charge in [0.1, 0.15) is 5.75 Å². The fourth-order valence-electron chi connectivity index (χ4n) is 8.20. The van der Waals surface area contributed by atoms with Crippen LogP contribution in [-0.2, 0) is 11.2 Å². The van der Waals surface area contributed by atoms with Crippen LogP contribution in [0.25, 0.3) is 44.3 Å². The maximum Gasteiger partial charge on any atom is 0.159 e. The molecule has 3 aliphatic rings. The van der Waals surface area contributed by atoms with Crippen LogP contribution in [0, 0.1) is 0 Å². The molecule has 1 aliphatic carbocycles. The molecule has 6 nitrogen and oxygen atoms in total. The summed E-state index contributed by atoms with van der Waals surface area (Å²) in [5, 5.41) is 2.48. The predicted octanol–water partition coefficient (Wildman–Crippen LogP) is 8.73. The molecule has 1 saturated carbocycles. The largest absolute Gasteiger partial charge is 0.497 e. The normalized spacial score (nSPS) is 18.4. The Kier molecular flexibility index (Phi) is 7.41. The molecule has 3 aromatic carbocycles. The third kappa shape index (κ3) is 4.82. The van der Waals surface area contributed by atoms with E-state index in [1.165, 1.54) is 65.3 Å². The van der Waals surface area contributed by atoms with Crippen molar-refractivity contribution in [1.29, 1.82) is 0 Å². The van der Waals surface area contributed by atoms with E-state index < -0.39 is 0 Å². The topological polar surface area (TPSA) is 56.6 Å². The number of aromatic nitrogens is 2. The van der Waals surface area contributed by atoms with Crippen LogP contribution in [0.4, 0.5) is 0 Å². The van der Waals surface area contributed by atoms with Crippen molar-refractivity contribution in [3.05, 3.63) is 95.7 Å². The number of ketones is 1. The zero-order chi connectivity index (χ0) is 31.4. The van der Waals surface area contributed by atoms with Crippen molar-refractivity contribution >= 4 is 27.6 Å². The van der Waals surface area contributed by atoms with Gasteiger partial charge in [-0.05, 0) is 79.3 Å². The minimum absolute atomic E-state index is 0.0227. The molecule has 1 saturated heterocycles. The molecule has 2 aromatic heterocycles. The third-order valence-electron chi connectivity index (χ3n) is 10.6. The zero-order valence-corrected chi connectivity index (χ0v) is 26.9. The molecule has 0 N–H and O–H groups in total. The molecule has 8 rings (SSSR count). The number of hydrogen-bond acceptors (Lipinski definition) is 5. The van der Waals surface area contributed by atoms with Gasteiger partial charge in [0, 0.05) is 52.7 Å². The van der Waals surface area contributed by atoms with Crippen LogP contribution >= 0.6 is 0 Å². The Morgan fingerprint density at radius 1 is 0.935 bits per heavy atom. The van der Waals surface area contributed by atoms with Crippen LogP contribution in [0.5, 0.6) is 5.75 Å². The van der Waals surface area contributed by atoms with Gasteiger partial charge in [0.2, 0.25) is 0 Å². The Morgan fingerprint density at radius 3 is 2.43 bits per heavy atom. The van der Waals surface area contributed by atoms with Crippen LogP contribution in [0.1, 0.15) is 72.5 Å². The maximum absolute atomic E-state index is 12.7. The first-order chi connectivity index (χ1) is 22.5. The number of nitrogens with zero attached hydrogens (tertiary/aromatic N) is 3. The number of Topliss-reactive ketones (excluding diaryl/α,β-unsaturated/α-hetero) is 1. The van der Waals surface area contributed by atoms with Crippen molar-refractivity contribution in [2.75, 3.05) is 33.4 Å². The van der Waals surface area contributed by atoms with Crippen molar-refractivity contribution in [1.82, 2.24) is 14.5 Å². The molecule has 0 spiro atoms. The van der Waals surface area contributed by atoms with Crippen molar-refractivity contribution in [2.24, 2.45) is 0 Å². The van der Waals surface area contributed by atoms with Crippen molar-refractivity contribution < 1.29 is 14.3 Å². The average Bonchev–Trinajstić information content (AvgIpc) is 3.46. The Labute approximate surface area is 270 Å². The second kappa shape index (κ2) is 11.7. The van der Waals surface area contributed by atoms with Gasteiger partial charge in [0.25, 0.3) is 0 Å². The lowest BCUT2D eigenvalue weighted by molar-refractivity contribution is 0.0492. The molecule has 1 unspecified atom stereocenters. The van der Waals surface area contributed by atoms with E-state index in [9.17, 15) is 4.79 Å². The standard InChI is InChI=1S/C40H41N3O3/c1-25(42-19-21-46-22-20-42)37-24-34-31-15-17-35(27-9-12-30(45-3)13-10-27)41-36(31)18-16-32(34)40-39(28-7-5-4-6-8-28)33-14-11-29(26(2)44)23-38(33)43(37)40/h9-18,23,28,37H,1,4-8,19-22,24H2,2-3H3. The van der Waals surface area contributed by atoms with Crippen LogP contribution in [0.3, 0.4) is 0 Å². The van der Waals surface area contributed by atoms with E-state index in [1.54, 1.807) is 14.0 Å². The molecule has 1 atom stereocenters. The minimum atomic E-state index is 0.0227. The number of rotatable bonds is 6. The van der Waals surface area contributed by atoms with Gasteiger partial charge in [0.15, 0.2) is 5.78 Å². The highest BCUT2D eigenvalue weighted by Gasteiger charge is 2.36. The summed E-state index contributed by atoms with van der Waals surface area (Å²) in [5.74, 6) is 1.43. The SMILES string of the molecule is C=C(C1Cc2c(ccc3nc(-c4ccc(OC)cc4)ccc23)-c2c(C3CCCCC3)c3ccc(C(C)=O)cc3n21)N1CCOCC1. The lowest BCUT2D eigenvalue weighted by atomic mass is 9.80. The Hall–Kier alpha value is -4.42. The quantitative estimate of drug-likeness (QED) is 0.180. The zero-order valence-electron chi connectivity index (χ0n) is 26.9. The monoisotopic (exact) mass is 611 g/mol. The number of allylic oxidation sites excluding steroid dienone is 1. The number of carbonyl (C=O) groups is 1. The van der Waals surface area contributed by atoms with Gasteiger partial charge < -0.3 is 18.9 Å². The third-order valence-corrected chi connectivity index (χ3v) is 10.6. The van der Waals surface area contributed by atoms with Crippen molar-refractivity contribution in [3.8, 4) is 28.3 Å². The van der Waals surface area contributed by atoms with Crippen LogP contribution < -0.4 is 4.74 Å². The molecule has 4 heterocycles.